The van der Waals surface area contributed by atoms with Crippen LogP contribution in [-0.2, 0) is 10.0 Å². The van der Waals surface area contributed by atoms with Gasteiger partial charge in [0.1, 0.15) is 5.82 Å². The Bertz CT molecular complexity index is 987. The fourth-order valence-electron chi connectivity index (χ4n) is 3.53. The molecule has 28 heavy (non-hydrogen) atoms. The predicted octanol–water partition coefficient (Wildman–Crippen LogP) is 4.40. The van der Waals surface area contributed by atoms with Crippen molar-refractivity contribution in [3.63, 3.8) is 0 Å². The molecule has 2 atom stereocenters. The highest BCUT2D eigenvalue weighted by atomic mass is 35.5. The van der Waals surface area contributed by atoms with Crippen LogP contribution in [0.1, 0.15) is 30.6 Å². The summed E-state index contributed by atoms with van der Waals surface area (Å²) in [4.78, 5) is 12.5. The minimum Gasteiger partial charge on any atom is -0.319 e. The molecule has 1 N–H and O–H groups in total. The molecule has 0 aromatic heterocycles. The zero-order valence-corrected chi connectivity index (χ0v) is 17.2. The second-order valence-electron chi connectivity index (χ2n) is 7.37. The number of sulfonamides is 1. The summed E-state index contributed by atoms with van der Waals surface area (Å²) >= 11 is 5.71. The van der Waals surface area contributed by atoms with Gasteiger partial charge in [-0.15, -0.1) is 0 Å². The van der Waals surface area contributed by atoms with E-state index in [2.05, 4.69) is 5.32 Å². The summed E-state index contributed by atoms with van der Waals surface area (Å²) in [6.45, 7) is 4.98. The summed E-state index contributed by atoms with van der Waals surface area (Å²) in [6, 6.07) is 9.70. The molecule has 2 unspecified atom stereocenters. The molecule has 1 amide bonds. The van der Waals surface area contributed by atoms with Crippen molar-refractivity contribution in [2.45, 2.75) is 25.2 Å². The van der Waals surface area contributed by atoms with Gasteiger partial charge in [0.2, 0.25) is 10.0 Å². The number of nitrogens with zero attached hydrogens (tertiary/aromatic N) is 1. The molecule has 1 fully saturated rings. The van der Waals surface area contributed by atoms with Crippen LogP contribution in [0.25, 0.3) is 0 Å². The molecule has 2 aromatic rings. The van der Waals surface area contributed by atoms with Gasteiger partial charge in [0, 0.05) is 23.7 Å². The first kappa shape index (κ1) is 20.8. The number of carbonyl (C=O) groups is 1. The Labute approximate surface area is 169 Å². The number of benzene rings is 2. The Hall–Kier alpha value is -1.96. The van der Waals surface area contributed by atoms with Crippen molar-refractivity contribution in [3.8, 4) is 0 Å². The van der Waals surface area contributed by atoms with Gasteiger partial charge in [-0.3, -0.25) is 4.79 Å². The fraction of sp³-hybridized carbons (Fsp3) is 0.350. The molecule has 1 aliphatic heterocycles. The highest BCUT2D eigenvalue weighted by Gasteiger charge is 2.32. The highest BCUT2D eigenvalue weighted by molar-refractivity contribution is 7.89. The van der Waals surface area contributed by atoms with E-state index in [0.29, 0.717) is 13.1 Å². The maximum Gasteiger partial charge on any atom is 0.255 e. The normalized spacial score (nSPS) is 20.7. The second kappa shape index (κ2) is 8.19. The monoisotopic (exact) mass is 424 g/mol. The Kier molecular flexibility index (Phi) is 6.07. The molecule has 5 nitrogen and oxygen atoms in total. The zero-order valence-electron chi connectivity index (χ0n) is 15.7. The quantitative estimate of drug-likeness (QED) is 0.791. The summed E-state index contributed by atoms with van der Waals surface area (Å²) in [6.07, 6.45) is 0.987. The van der Waals surface area contributed by atoms with Crippen LogP contribution in [0.3, 0.4) is 0 Å². The molecule has 150 valence electrons. The van der Waals surface area contributed by atoms with Crippen LogP contribution >= 0.6 is 11.6 Å². The van der Waals surface area contributed by atoms with Crippen LogP contribution in [0, 0.1) is 17.7 Å². The number of piperidine rings is 1. The van der Waals surface area contributed by atoms with E-state index in [9.17, 15) is 17.6 Å². The van der Waals surface area contributed by atoms with Gasteiger partial charge in [-0.25, -0.2) is 12.8 Å². The lowest BCUT2D eigenvalue weighted by atomic mass is 9.94. The van der Waals surface area contributed by atoms with E-state index in [0.717, 1.165) is 12.5 Å². The van der Waals surface area contributed by atoms with Gasteiger partial charge in [-0.05, 0) is 54.7 Å². The first-order valence-corrected chi connectivity index (χ1v) is 10.8. The molecule has 2 aromatic carbocycles. The summed E-state index contributed by atoms with van der Waals surface area (Å²) in [5, 5.41) is 2.66. The van der Waals surface area contributed by atoms with Crippen molar-refractivity contribution in [1.82, 2.24) is 4.31 Å². The Morgan fingerprint density at radius 2 is 1.82 bits per heavy atom. The fourth-order valence-corrected chi connectivity index (χ4v) is 5.42. The largest absolute Gasteiger partial charge is 0.319 e. The van der Waals surface area contributed by atoms with Gasteiger partial charge in [0.25, 0.3) is 5.91 Å². The molecular formula is C20H22ClFN2O3S. The van der Waals surface area contributed by atoms with E-state index in [1.165, 1.54) is 40.7 Å². The van der Waals surface area contributed by atoms with Crippen molar-refractivity contribution in [3.05, 3.63) is 58.9 Å². The lowest BCUT2D eigenvalue weighted by Crippen LogP contribution is -2.42. The average molecular weight is 425 g/mol. The first-order valence-electron chi connectivity index (χ1n) is 9.03. The van der Waals surface area contributed by atoms with Gasteiger partial charge in [-0.1, -0.05) is 31.5 Å². The van der Waals surface area contributed by atoms with E-state index in [4.69, 9.17) is 11.6 Å². The number of hydrogen-bond donors (Lipinski definition) is 1. The number of nitrogens with one attached hydrogen (secondary N) is 1. The summed E-state index contributed by atoms with van der Waals surface area (Å²) in [5.41, 5.74) is 0.106. The van der Waals surface area contributed by atoms with E-state index in [1.807, 2.05) is 13.8 Å². The molecule has 0 saturated carbocycles. The third-order valence-corrected chi connectivity index (χ3v) is 6.81. The summed E-state index contributed by atoms with van der Waals surface area (Å²) < 4.78 is 41.4. The molecule has 1 saturated heterocycles. The van der Waals surface area contributed by atoms with Gasteiger partial charge < -0.3 is 5.32 Å². The van der Waals surface area contributed by atoms with Crippen molar-refractivity contribution in [2.24, 2.45) is 11.8 Å². The van der Waals surface area contributed by atoms with Crippen LogP contribution in [0.4, 0.5) is 10.1 Å². The molecule has 0 spiro atoms. The maximum atomic E-state index is 13.9. The number of halogens is 2. The van der Waals surface area contributed by atoms with E-state index >= 15 is 0 Å². The number of amides is 1. The van der Waals surface area contributed by atoms with E-state index in [1.54, 1.807) is 0 Å². The number of rotatable bonds is 4. The van der Waals surface area contributed by atoms with Crippen LogP contribution in [0.15, 0.2) is 47.4 Å². The number of carbonyl (C=O) groups excluding carboxylic acids is 1. The highest BCUT2D eigenvalue weighted by Crippen LogP contribution is 2.27. The molecule has 3 rings (SSSR count). The van der Waals surface area contributed by atoms with Crippen LogP contribution in [0.2, 0.25) is 5.02 Å². The molecule has 1 heterocycles. The summed E-state index contributed by atoms with van der Waals surface area (Å²) in [7, 11) is -3.71. The van der Waals surface area contributed by atoms with Crippen molar-refractivity contribution >= 4 is 33.2 Å². The van der Waals surface area contributed by atoms with Crippen LogP contribution < -0.4 is 5.32 Å². The second-order valence-corrected chi connectivity index (χ2v) is 9.75. The van der Waals surface area contributed by atoms with Gasteiger partial charge in [-0.2, -0.15) is 4.31 Å². The maximum absolute atomic E-state index is 13.9. The van der Waals surface area contributed by atoms with Gasteiger partial charge in [0.05, 0.1) is 10.6 Å². The number of hydrogen-bond acceptors (Lipinski definition) is 3. The first-order chi connectivity index (χ1) is 13.2. The molecule has 8 heteroatoms. The van der Waals surface area contributed by atoms with Crippen molar-refractivity contribution in [1.29, 1.82) is 0 Å². The SMILES string of the molecule is CC1CC(C)CN(S(=O)(=O)c2cccc(C(=O)Nc3ccc(Cl)cc3F)c2)C1. The van der Waals surface area contributed by atoms with Crippen molar-refractivity contribution < 1.29 is 17.6 Å². The average Bonchev–Trinajstić information content (AvgIpc) is 2.63. The summed E-state index contributed by atoms with van der Waals surface area (Å²) in [5.74, 6) is -0.713. The Balaban J connectivity index is 1.84. The minimum absolute atomic E-state index is 0.0265. The van der Waals surface area contributed by atoms with E-state index in [-0.39, 0.29) is 33.0 Å². The van der Waals surface area contributed by atoms with E-state index < -0.39 is 21.7 Å². The Morgan fingerprint density at radius 1 is 1.14 bits per heavy atom. The topological polar surface area (TPSA) is 66.5 Å². The molecular weight excluding hydrogens is 403 g/mol. The molecule has 1 aliphatic rings. The minimum atomic E-state index is -3.71. The van der Waals surface area contributed by atoms with Crippen LogP contribution in [-0.4, -0.2) is 31.7 Å². The standard InChI is InChI=1S/C20H22ClFN2O3S/c1-13-8-14(2)12-24(11-13)28(26,27)17-5-3-4-15(9-17)20(25)23-19-7-6-16(21)10-18(19)22/h3-7,9-10,13-14H,8,11-12H2,1-2H3,(H,23,25). The zero-order chi connectivity index (χ0) is 20.5. The molecule has 0 bridgehead atoms. The van der Waals surface area contributed by atoms with Crippen molar-refractivity contribution in [2.75, 3.05) is 18.4 Å². The smallest absolute Gasteiger partial charge is 0.255 e. The predicted molar refractivity (Wildman–Crippen MR) is 108 cm³/mol. The van der Waals surface area contributed by atoms with Gasteiger partial charge >= 0.3 is 0 Å². The van der Waals surface area contributed by atoms with Crippen LogP contribution in [0.5, 0.6) is 0 Å². The third kappa shape index (κ3) is 4.54. The number of anilines is 1. The molecule has 0 radical (unpaired) electrons. The third-order valence-electron chi connectivity index (χ3n) is 4.75. The lowest BCUT2D eigenvalue weighted by molar-refractivity contribution is 0.102. The Morgan fingerprint density at radius 3 is 2.46 bits per heavy atom. The van der Waals surface area contributed by atoms with Gasteiger partial charge in [0.15, 0.2) is 0 Å². The molecule has 0 aliphatic carbocycles. The lowest BCUT2D eigenvalue weighted by Gasteiger charge is -2.34.